The second-order valence-electron chi connectivity index (χ2n) is 2.72. The molecule has 1 aromatic heterocycles. The van der Waals surface area contributed by atoms with Crippen molar-refractivity contribution in [3.8, 4) is 6.07 Å². The number of nitro groups is 1. The van der Waals surface area contributed by atoms with Crippen LogP contribution in [0.5, 0.6) is 0 Å². The monoisotopic (exact) mass is 339 g/mol. The highest BCUT2D eigenvalue weighted by atomic mass is 127. The molecule has 0 bridgehead atoms. The number of hydrogen-bond acceptors (Lipinski definition) is 4. The van der Waals surface area contributed by atoms with Crippen molar-refractivity contribution in [2.45, 2.75) is 12.8 Å². The van der Waals surface area contributed by atoms with E-state index in [-0.39, 0.29) is 15.7 Å². The summed E-state index contributed by atoms with van der Waals surface area (Å²) in [5.41, 5.74) is -1.53. The predicted octanol–water partition coefficient (Wildman–Crippen LogP) is 2.60. The lowest BCUT2D eigenvalue weighted by Gasteiger charge is -2.06. The van der Waals surface area contributed by atoms with Crippen LogP contribution in [-0.4, -0.2) is 9.91 Å². The summed E-state index contributed by atoms with van der Waals surface area (Å²) in [5.74, 6) is 0. The smallest absolute Gasteiger partial charge is 0.258 e. The first kappa shape index (κ1) is 12.7. The van der Waals surface area contributed by atoms with Crippen LogP contribution in [0.2, 0.25) is 0 Å². The fraction of sp³-hybridized carbons (Fsp3) is 0.250. The van der Waals surface area contributed by atoms with E-state index in [0.717, 1.165) is 6.20 Å². The first-order valence-corrected chi connectivity index (χ1v) is 5.03. The molecule has 0 radical (unpaired) electrons. The Bertz CT molecular complexity index is 473. The summed E-state index contributed by atoms with van der Waals surface area (Å²) in [6, 6.07) is 1.69. The minimum atomic E-state index is -2.98. The van der Waals surface area contributed by atoms with Gasteiger partial charge in [-0.05, 0) is 22.6 Å². The molecule has 0 aliphatic heterocycles. The summed E-state index contributed by atoms with van der Waals surface area (Å²) >= 11 is 1.67. The van der Waals surface area contributed by atoms with Crippen molar-refractivity contribution in [2.24, 2.45) is 0 Å². The topological polar surface area (TPSA) is 79.8 Å². The van der Waals surface area contributed by atoms with Gasteiger partial charge in [-0.1, -0.05) is 0 Å². The molecule has 0 unspecified atom stereocenters. The normalized spacial score (nSPS) is 10.2. The number of nitriles is 1. The minimum Gasteiger partial charge on any atom is -0.258 e. The van der Waals surface area contributed by atoms with Gasteiger partial charge in [-0.3, -0.25) is 10.1 Å². The summed E-state index contributed by atoms with van der Waals surface area (Å²) in [4.78, 5) is 13.4. The summed E-state index contributed by atoms with van der Waals surface area (Å²) in [6.07, 6.45) is -2.53. The van der Waals surface area contributed by atoms with Gasteiger partial charge in [-0.2, -0.15) is 5.26 Å². The van der Waals surface area contributed by atoms with Crippen LogP contribution in [0, 0.1) is 25.1 Å². The van der Waals surface area contributed by atoms with Gasteiger partial charge in [0, 0.05) is 6.20 Å². The summed E-state index contributed by atoms with van der Waals surface area (Å²) in [6.45, 7) is 0. The van der Waals surface area contributed by atoms with Crippen molar-refractivity contribution >= 4 is 28.3 Å². The molecule has 0 aliphatic rings. The molecule has 1 heterocycles. The molecule has 0 fully saturated rings. The first-order valence-electron chi connectivity index (χ1n) is 3.95. The van der Waals surface area contributed by atoms with Gasteiger partial charge in [0.1, 0.15) is 9.26 Å². The second-order valence-corrected chi connectivity index (χ2v) is 3.75. The maximum absolute atomic E-state index is 12.5. The van der Waals surface area contributed by atoms with E-state index < -0.39 is 22.6 Å². The van der Waals surface area contributed by atoms with Gasteiger partial charge >= 0.3 is 0 Å². The van der Waals surface area contributed by atoms with Gasteiger partial charge < -0.3 is 0 Å². The Kier molecular flexibility index (Phi) is 4.05. The van der Waals surface area contributed by atoms with Crippen LogP contribution in [0.1, 0.15) is 17.6 Å². The van der Waals surface area contributed by atoms with E-state index in [2.05, 4.69) is 4.98 Å². The highest BCUT2D eigenvalue weighted by Gasteiger charge is 2.28. The van der Waals surface area contributed by atoms with E-state index >= 15 is 0 Å². The van der Waals surface area contributed by atoms with E-state index in [9.17, 15) is 18.9 Å². The zero-order chi connectivity index (χ0) is 12.3. The highest BCUT2D eigenvalue weighted by molar-refractivity contribution is 14.1. The van der Waals surface area contributed by atoms with Crippen LogP contribution >= 0.6 is 22.6 Å². The molecule has 8 heteroatoms. The van der Waals surface area contributed by atoms with Crippen molar-refractivity contribution in [1.82, 2.24) is 4.98 Å². The number of aromatic nitrogens is 1. The van der Waals surface area contributed by atoms with E-state index in [0.29, 0.717) is 0 Å². The van der Waals surface area contributed by atoms with Crippen molar-refractivity contribution in [1.29, 1.82) is 5.26 Å². The number of alkyl halides is 2. The second kappa shape index (κ2) is 5.11. The van der Waals surface area contributed by atoms with Crippen LogP contribution in [0.3, 0.4) is 0 Å². The summed E-state index contributed by atoms with van der Waals surface area (Å²) < 4.78 is 25.2. The first-order chi connectivity index (χ1) is 7.49. The number of pyridine rings is 1. The van der Waals surface area contributed by atoms with E-state index in [1.54, 1.807) is 28.7 Å². The molecule has 0 N–H and O–H groups in total. The number of rotatable bonds is 3. The fourth-order valence-corrected chi connectivity index (χ4v) is 1.73. The Morgan fingerprint density at radius 1 is 1.69 bits per heavy atom. The molecule has 0 aromatic carbocycles. The van der Waals surface area contributed by atoms with Crippen LogP contribution < -0.4 is 0 Å². The van der Waals surface area contributed by atoms with Crippen molar-refractivity contribution in [3.05, 3.63) is 31.1 Å². The van der Waals surface area contributed by atoms with Gasteiger partial charge in [0.05, 0.1) is 23.0 Å². The number of halogens is 3. The standard InChI is InChI=1S/C8H4F2IN3O2/c9-7(10)5-3-13-8(11)4(1-2-12)6(5)14(15)16/h3,7H,1H2. The Balaban J connectivity index is 3.51. The summed E-state index contributed by atoms with van der Waals surface area (Å²) in [7, 11) is 0. The lowest BCUT2D eigenvalue weighted by molar-refractivity contribution is -0.387. The van der Waals surface area contributed by atoms with E-state index in [1.807, 2.05) is 0 Å². The number of nitrogens with zero attached hydrogens (tertiary/aromatic N) is 3. The minimum absolute atomic E-state index is 0.0640. The van der Waals surface area contributed by atoms with E-state index in [4.69, 9.17) is 5.26 Å². The third kappa shape index (κ3) is 2.41. The molecule has 1 aromatic rings. The molecular weight excluding hydrogens is 335 g/mol. The maximum atomic E-state index is 12.5. The average molecular weight is 339 g/mol. The molecule has 0 atom stereocenters. The van der Waals surface area contributed by atoms with Crippen molar-refractivity contribution in [3.63, 3.8) is 0 Å². The SMILES string of the molecule is N#CCc1c(I)ncc(C(F)F)c1[N+](=O)[O-]. The Morgan fingerprint density at radius 2 is 2.31 bits per heavy atom. The van der Waals surface area contributed by atoms with Crippen molar-refractivity contribution < 1.29 is 13.7 Å². The van der Waals surface area contributed by atoms with Gasteiger partial charge in [0.15, 0.2) is 0 Å². The molecular formula is C8H4F2IN3O2. The third-order valence-electron chi connectivity index (χ3n) is 1.80. The van der Waals surface area contributed by atoms with Gasteiger partial charge in [0.2, 0.25) is 0 Å². The molecule has 0 spiro atoms. The molecule has 16 heavy (non-hydrogen) atoms. The molecule has 5 nitrogen and oxygen atoms in total. The molecule has 84 valence electrons. The van der Waals surface area contributed by atoms with Crippen LogP contribution in [-0.2, 0) is 6.42 Å². The Morgan fingerprint density at radius 3 is 2.75 bits per heavy atom. The number of hydrogen-bond donors (Lipinski definition) is 0. The quantitative estimate of drug-likeness (QED) is 0.367. The largest absolute Gasteiger partial charge is 0.286 e. The van der Waals surface area contributed by atoms with Gasteiger partial charge in [0.25, 0.3) is 12.1 Å². The van der Waals surface area contributed by atoms with Gasteiger partial charge in [-0.25, -0.2) is 13.8 Å². The molecule has 0 saturated heterocycles. The Labute approximate surface area is 102 Å². The lowest BCUT2D eigenvalue weighted by Crippen LogP contribution is -2.05. The maximum Gasteiger partial charge on any atom is 0.286 e. The lowest BCUT2D eigenvalue weighted by atomic mass is 10.1. The van der Waals surface area contributed by atoms with Crippen LogP contribution in [0.25, 0.3) is 0 Å². The predicted molar refractivity (Wildman–Crippen MR) is 57.9 cm³/mol. The molecule has 0 amide bonds. The third-order valence-corrected chi connectivity index (χ3v) is 2.73. The van der Waals surface area contributed by atoms with Gasteiger partial charge in [-0.15, -0.1) is 0 Å². The zero-order valence-corrected chi connectivity index (χ0v) is 9.81. The zero-order valence-electron chi connectivity index (χ0n) is 7.65. The molecule has 0 saturated carbocycles. The van der Waals surface area contributed by atoms with Crippen LogP contribution in [0.4, 0.5) is 14.5 Å². The Hall–Kier alpha value is -1.37. The van der Waals surface area contributed by atoms with Crippen molar-refractivity contribution in [2.75, 3.05) is 0 Å². The highest BCUT2D eigenvalue weighted by Crippen LogP contribution is 2.33. The fourth-order valence-electron chi connectivity index (χ4n) is 1.15. The summed E-state index contributed by atoms with van der Waals surface area (Å²) in [5, 5.41) is 19.2. The average Bonchev–Trinajstić information content (AvgIpc) is 2.20. The van der Waals surface area contributed by atoms with Crippen LogP contribution in [0.15, 0.2) is 6.20 Å². The molecule has 1 rings (SSSR count). The van der Waals surface area contributed by atoms with E-state index in [1.165, 1.54) is 0 Å². The molecule has 0 aliphatic carbocycles.